The monoisotopic (exact) mass is 281 g/mol. The lowest BCUT2D eigenvalue weighted by molar-refractivity contribution is -0.189. The molecule has 0 saturated heterocycles. The summed E-state index contributed by atoms with van der Waals surface area (Å²) < 4.78 is 38.8. The highest BCUT2D eigenvalue weighted by Gasteiger charge is 2.45. The van der Waals surface area contributed by atoms with Gasteiger partial charge in [0.1, 0.15) is 0 Å². The fourth-order valence-corrected chi connectivity index (χ4v) is 3.02. The number of nitrogens with one attached hydrogen (secondary N) is 1. The van der Waals surface area contributed by atoms with Crippen molar-refractivity contribution in [2.24, 2.45) is 11.8 Å². The molecule has 1 aliphatic carbocycles. The first-order valence-electron chi connectivity index (χ1n) is 7.40. The van der Waals surface area contributed by atoms with Gasteiger partial charge in [0, 0.05) is 12.6 Å². The summed E-state index contributed by atoms with van der Waals surface area (Å²) in [4.78, 5) is 0. The third-order valence-corrected chi connectivity index (χ3v) is 4.09. The largest absolute Gasteiger partial charge is 0.396 e. The van der Waals surface area contributed by atoms with Crippen LogP contribution >= 0.6 is 0 Å². The van der Waals surface area contributed by atoms with Gasteiger partial charge in [-0.1, -0.05) is 26.2 Å². The van der Waals surface area contributed by atoms with Crippen molar-refractivity contribution in [2.75, 3.05) is 13.2 Å². The summed E-state index contributed by atoms with van der Waals surface area (Å²) in [5.41, 5.74) is 0. The van der Waals surface area contributed by atoms with E-state index in [1.54, 1.807) is 0 Å². The Morgan fingerprint density at radius 3 is 2.47 bits per heavy atom. The molecule has 0 aromatic rings. The Balaban J connectivity index is 2.47. The van der Waals surface area contributed by atoms with Gasteiger partial charge in [-0.05, 0) is 38.1 Å². The first-order valence-corrected chi connectivity index (χ1v) is 7.40. The van der Waals surface area contributed by atoms with Gasteiger partial charge in [-0.2, -0.15) is 13.2 Å². The molecule has 2 N–H and O–H groups in total. The van der Waals surface area contributed by atoms with Crippen LogP contribution in [0.25, 0.3) is 0 Å². The van der Waals surface area contributed by atoms with E-state index in [4.69, 9.17) is 5.11 Å². The molecule has 0 aliphatic heterocycles. The van der Waals surface area contributed by atoms with E-state index in [9.17, 15) is 13.2 Å². The van der Waals surface area contributed by atoms with Crippen molar-refractivity contribution in [3.05, 3.63) is 0 Å². The molecule has 0 aromatic carbocycles. The van der Waals surface area contributed by atoms with E-state index in [2.05, 4.69) is 12.2 Å². The zero-order chi connectivity index (χ0) is 14.3. The molecular weight excluding hydrogens is 255 g/mol. The molecule has 114 valence electrons. The average Bonchev–Trinajstić information content (AvgIpc) is 2.36. The molecule has 0 aromatic heterocycles. The average molecular weight is 281 g/mol. The third-order valence-electron chi connectivity index (χ3n) is 4.09. The Labute approximate surface area is 113 Å². The van der Waals surface area contributed by atoms with Crippen LogP contribution in [0.15, 0.2) is 0 Å². The van der Waals surface area contributed by atoms with Gasteiger partial charge in [0.15, 0.2) is 0 Å². The third kappa shape index (κ3) is 5.69. The molecule has 3 unspecified atom stereocenters. The van der Waals surface area contributed by atoms with Crippen LogP contribution in [0.2, 0.25) is 0 Å². The zero-order valence-electron chi connectivity index (χ0n) is 11.7. The summed E-state index contributed by atoms with van der Waals surface area (Å²) in [7, 11) is 0. The van der Waals surface area contributed by atoms with Crippen molar-refractivity contribution in [1.82, 2.24) is 5.32 Å². The molecule has 2 nitrogen and oxygen atoms in total. The number of halogens is 3. The van der Waals surface area contributed by atoms with Gasteiger partial charge in [-0.3, -0.25) is 0 Å². The minimum absolute atomic E-state index is 0.111. The molecule has 0 spiro atoms. The lowest BCUT2D eigenvalue weighted by atomic mass is 9.83. The normalized spacial score (nSPS) is 26.4. The van der Waals surface area contributed by atoms with E-state index in [-0.39, 0.29) is 18.9 Å². The minimum atomic E-state index is -4.09. The lowest BCUT2D eigenvalue weighted by Gasteiger charge is -2.34. The Hall–Kier alpha value is -0.290. The van der Waals surface area contributed by atoms with Crippen LogP contribution in [-0.2, 0) is 0 Å². The molecule has 0 heterocycles. The van der Waals surface area contributed by atoms with E-state index in [0.29, 0.717) is 25.8 Å². The van der Waals surface area contributed by atoms with Gasteiger partial charge < -0.3 is 10.4 Å². The van der Waals surface area contributed by atoms with Crippen LogP contribution in [-0.4, -0.2) is 30.5 Å². The van der Waals surface area contributed by atoms with Crippen LogP contribution in [0.3, 0.4) is 0 Å². The Bertz CT molecular complexity index is 239. The smallest absolute Gasteiger partial charge is 0.393 e. The van der Waals surface area contributed by atoms with Gasteiger partial charge in [0.25, 0.3) is 0 Å². The summed E-state index contributed by atoms with van der Waals surface area (Å²) in [5.74, 6) is -0.913. The highest BCUT2D eigenvalue weighted by molar-refractivity contribution is 4.86. The van der Waals surface area contributed by atoms with Gasteiger partial charge in [0.05, 0.1) is 5.92 Å². The van der Waals surface area contributed by atoms with Crippen LogP contribution in [0.4, 0.5) is 13.2 Å². The second-order valence-electron chi connectivity index (χ2n) is 5.61. The number of aliphatic hydroxyl groups excluding tert-OH is 1. The quantitative estimate of drug-likeness (QED) is 0.748. The second-order valence-corrected chi connectivity index (χ2v) is 5.61. The van der Waals surface area contributed by atoms with Crippen molar-refractivity contribution < 1.29 is 18.3 Å². The first kappa shape index (κ1) is 16.8. The summed E-state index contributed by atoms with van der Waals surface area (Å²) in [5, 5.41) is 12.1. The molecule has 1 saturated carbocycles. The molecule has 1 aliphatic rings. The molecular formula is C14H26F3NO. The first-order chi connectivity index (χ1) is 8.99. The molecule has 0 amide bonds. The fraction of sp³-hybridized carbons (Fsp3) is 1.00. The van der Waals surface area contributed by atoms with Gasteiger partial charge >= 0.3 is 6.18 Å². The Kier molecular flexibility index (Phi) is 7.15. The molecule has 19 heavy (non-hydrogen) atoms. The number of hydrogen-bond acceptors (Lipinski definition) is 2. The fourth-order valence-electron chi connectivity index (χ4n) is 3.02. The predicted octanol–water partition coefficient (Wildman–Crippen LogP) is 3.50. The van der Waals surface area contributed by atoms with E-state index in [0.717, 1.165) is 19.3 Å². The van der Waals surface area contributed by atoms with Gasteiger partial charge in [0.2, 0.25) is 0 Å². The second kappa shape index (κ2) is 8.10. The molecule has 1 fully saturated rings. The van der Waals surface area contributed by atoms with Crippen molar-refractivity contribution in [3.63, 3.8) is 0 Å². The van der Waals surface area contributed by atoms with E-state index < -0.39 is 18.1 Å². The van der Waals surface area contributed by atoms with Gasteiger partial charge in [-0.25, -0.2) is 0 Å². The minimum Gasteiger partial charge on any atom is -0.396 e. The molecule has 0 radical (unpaired) electrons. The maximum Gasteiger partial charge on any atom is 0.393 e. The predicted molar refractivity (Wildman–Crippen MR) is 69.9 cm³/mol. The summed E-state index contributed by atoms with van der Waals surface area (Å²) in [6.07, 6.45) is 0.956. The van der Waals surface area contributed by atoms with E-state index in [1.807, 2.05) is 0 Å². The Morgan fingerprint density at radius 1 is 1.21 bits per heavy atom. The van der Waals surface area contributed by atoms with E-state index in [1.165, 1.54) is 0 Å². The molecule has 5 heteroatoms. The number of rotatable bonds is 7. The molecule has 1 rings (SSSR count). The van der Waals surface area contributed by atoms with Crippen LogP contribution in [0, 0.1) is 11.8 Å². The number of hydrogen-bond donors (Lipinski definition) is 2. The Morgan fingerprint density at radius 2 is 1.89 bits per heavy atom. The standard InChI is InChI=1S/C14H26F3NO/c1-2-5-11(8-9-19)10-18-13-7-4-3-6-12(13)14(15,16)17/h11-13,18-19H,2-10H2,1H3. The van der Waals surface area contributed by atoms with Gasteiger partial charge in [-0.15, -0.1) is 0 Å². The van der Waals surface area contributed by atoms with Crippen molar-refractivity contribution in [1.29, 1.82) is 0 Å². The summed E-state index contributed by atoms with van der Waals surface area (Å²) in [6.45, 7) is 2.76. The van der Waals surface area contributed by atoms with Crippen LogP contribution in [0.5, 0.6) is 0 Å². The molecule has 0 bridgehead atoms. The maximum atomic E-state index is 12.9. The lowest BCUT2D eigenvalue weighted by Crippen LogP contribution is -2.46. The van der Waals surface area contributed by atoms with E-state index >= 15 is 0 Å². The van der Waals surface area contributed by atoms with Crippen molar-refractivity contribution in [3.8, 4) is 0 Å². The van der Waals surface area contributed by atoms with Crippen LogP contribution < -0.4 is 5.32 Å². The number of aliphatic hydroxyl groups is 1. The highest BCUT2D eigenvalue weighted by Crippen LogP contribution is 2.37. The van der Waals surface area contributed by atoms with Crippen LogP contribution in [0.1, 0.15) is 51.9 Å². The molecule has 3 atom stereocenters. The number of alkyl halides is 3. The van der Waals surface area contributed by atoms with Crippen molar-refractivity contribution in [2.45, 2.75) is 64.1 Å². The summed E-state index contributed by atoms with van der Waals surface area (Å²) in [6, 6.07) is -0.438. The SMILES string of the molecule is CCCC(CCO)CNC1CCCCC1C(F)(F)F. The van der Waals surface area contributed by atoms with Crippen molar-refractivity contribution >= 4 is 0 Å². The topological polar surface area (TPSA) is 32.3 Å². The highest BCUT2D eigenvalue weighted by atomic mass is 19.4. The maximum absolute atomic E-state index is 12.9. The summed E-state index contributed by atoms with van der Waals surface area (Å²) >= 11 is 0. The zero-order valence-corrected chi connectivity index (χ0v) is 11.7.